The highest BCUT2D eigenvalue weighted by atomic mass is 16.5. The molecule has 0 spiro atoms. The van der Waals surface area contributed by atoms with E-state index >= 15 is 0 Å². The van der Waals surface area contributed by atoms with Crippen molar-refractivity contribution < 1.29 is 4.74 Å². The lowest BCUT2D eigenvalue weighted by Crippen LogP contribution is -2.40. The van der Waals surface area contributed by atoms with Crippen LogP contribution >= 0.6 is 0 Å². The average molecular weight is 385 g/mol. The second-order valence-corrected chi connectivity index (χ2v) is 8.16. The molecule has 3 rings (SSSR count). The minimum atomic E-state index is 0.748. The zero-order chi connectivity index (χ0) is 19.9. The Morgan fingerprint density at radius 3 is 2.82 bits per heavy atom. The molecule has 0 aliphatic carbocycles. The first kappa shape index (κ1) is 20.9. The van der Waals surface area contributed by atoms with Gasteiger partial charge in [0.1, 0.15) is 5.75 Å². The highest BCUT2D eigenvalue weighted by Gasteiger charge is 2.21. The molecule has 2 heterocycles. The molecule has 1 fully saturated rings. The van der Waals surface area contributed by atoms with Crippen LogP contribution in [0.5, 0.6) is 5.75 Å². The van der Waals surface area contributed by atoms with Gasteiger partial charge in [-0.05, 0) is 64.3 Å². The summed E-state index contributed by atoms with van der Waals surface area (Å²) in [5, 5.41) is 4.58. The summed E-state index contributed by atoms with van der Waals surface area (Å²) in [6, 6.07) is 8.40. The van der Waals surface area contributed by atoms with Crippen LogP contribution in [0.3, 0.4) is 0 Å². The summed E-state index contributed by atoms with van der Waals surface area (Å²) in [4.78, 5) is 5.10. The zero-order valence-corrected chi connectivity index (χ0v) is 18.0. The number of hydrogen-bond donors (Lipinski definition) is 0. The molecule has 0 bridgehead atoms. The molecule has 1 aromatic carbocycles. The topological polar surface area (TPSA) is 33.5 Å². The molecule has 1 aliphatic rings. The Kier molecular flexibility index (Phi) is 7.51. The van der Waals surface area contributed by atoms with E-state index in [1.54, 1.807) is 7.11 Å². The second-order valence-electron chi connectivity index (χ2n) is 8.16. The summed E-state index contributed by atoms with van der Waals surface area (Å²) in [6.45, 7) is 10.9. The van der Waals surface area contributed by atoms with Crippen molar-refractivity contribution in [2.75, 3.05) is 40.3 Å². The molecule has 1 aromatic heterocycles. The number of rotatable bonds is 9. The smallest absolute Gasteiger partial charge is 0.122 e. The number of aryl methyl sites for hydroxylation is 2. The van der Waals surface area contributed by atoms with Gasteiger partial charge in [-0.2, -0.15) is 5.10 Å². The molecule has 1 aliphatic heterocycles. The Morgan fingerprint density at radius 2 is 2.07 bits per heavy atom. The minimum absolute atomic E-state index is 0.748. The van der Waals surface area contributed by atoms with Crippen LogP contribution in [0, 0.1) is 12.8 Å². The molecule has 0 saturated carbocycles. The van der Waals surface area contributed by atoms with Gasteiger partial charge in [-0.3, -0.25) is 4.68 Å². The molecule has 2 aromatic rings. The Hall–Kier alpha value is -1.85. The normalized spacial score (nSPS) is 18.0. The summed E-state index contributed by atoms with van der Waals surface area (Å²) >= 11 is 0. The van der Waals surface area contributed by atoms with Crippen LogP contribution in [0.4, 0.5) is 0 Å². The van der Waals surface area contributed by atoms with Crippen molar-refractivity contribution in [2.24, 2.45) is 5.92 Å². The fraction of sp³-hybridized carbons (Fsp3) is 0.609. The number of para-hydroxylation sites is 1. The van der Waals surface area contributed by atoms with Crippen molar-refractivity contribution in [3.05, 3.63) is 47.3 Å². The number of benzene rings is 1. The maximum atomic E-state index is 5.50. The van der Waals surface area contributed by atoms with Gasteiger partial charge in [0.05, 0.1) is 12.8 Å². The molecule has 5 heteroatoms. The van der Waals surface area contributed by atoms with Crippen molar-refractivity contribution in [3.63, 3.8) is 0 Å². The third kappa shape index (κ3) is 5.58. The Balaban J connectivity index is 1.48. The van der Waals surface area contributed by atoms with E-state index < -0.39 is 0 Å². The van der Waals surface area contributed by atoms with Crippen LogP contribution in [0.2, 0.25) is 0 Å². The first-order valence-corrected chi connectivity index (χ1v) is 10.6. The van der Waals surface area contributed by atoms with E-state index in [0.717, 1.165) is 50.0 Å². The predicted octanol–water partition coefficient (Wildman–Crippen LogP) is 3.61. The van der Waals surface area contributed by atoms with Crippen molar-refractivity contribution >= 4 is 0 Å². The summed E-state index contributed by atoms with van der Waals surface area (Å²) < 4.78 is 7.54. The molecule has 1 atom stereocenters. The van der Waals surface area contributed by atoms with Gasteiger partial charge < -0.3 is 14.5 Å². The number of methoxy groups -OCH3 is 1. The van der Waals surface area contributed by atoms with Crippen LogP contribution < -0.4 is 4.74 Å². The van der Waals surface area contributed by atoms with Crippen molar-refractivity contribution in [3.8, 4) is 5.75 Å². The van der Waals surface area contributed by atoms with E-state index in [1.165, 1.54) is 37.1 Å². The number of nitrogens with zero attached hydrogens (tertiary/aromatic N) is 4. The van der Waals surface area contributed by atoms with E-state index in [9.17, 15) is 0 Å². The first-order chi connectivity index (χ1) is 13.6. The van der Waals surface area contributed by atoms with Crippen molar-refractivity contribution in [2.45, 2.75) is 46.2 Å². The van der Waals surface area contributed by atoms with Crippen LogP contribution in [-0.4, -0.2) is 59.9 Å². The molecule has 0 unspecified atom stereocenters. The highest BCUT2D eigenvalue weighted by Crippen LogP contribution is 2.21. The van der Waals surface area contributed by atoms with Gasteiger partial charge in [0.2, 0.25) is 0 Å². The van der Waals surface area contributed by atoms with Gasteiger partial charge in [0.15, 0.2) is 0 Å². The molecule has 154 valence electrons. The lowest BCUT2D eigenvalue weighted by atomic mass is 9.97. The highest BCUT2D eigenvalue weighted by molar-refractivity contribution is 5.33. The molecule has 1 saturated heterocycles. The lowest BCUT2D eigenvalue weighted by molar-refractivity contribution is 0.142. The molecule has 0 N–H and O–H groups in total. The molecule has 0 radical (unpaired) electrons. The standard InChI is InChI=1S/C23H36N4O/c1-5-27-18-22(19(2)24-27)17-25(3)15-20-9-8-13-26(16-20)14-12-21-10-6-7-11-23(21)28-4/h6-7,10-11,18,20H,5,8-9,12-17H2,1-4H3/t20-/m0/s1. The molecule has 5 nitrogen and oxygen atoms in total. The van der Waals surface area contributed by atoms with E-state index in [1.807, 2.05) is 10.7 Å². The van der Waals surface area contributed by atoms with Crippen molar-refractivity contribution in [1.82, 2.24) is 19.6 Å². The third-order valence-electron chi connectivity index (χ3n) is 5.88. The number of ether oxygens (including phenoxy) is 1. The van der Waals surface area contributed by atoms with E-state index in [4.69, 9.17) is 4.74 Å². The fourth-order valence-electron chi connectivity index (χ4n) is 4.36. The molecule has 28 heavy (non-hydrogen) atoms. The van der Waals surface area contributed by atoms with Crippen LogP contribution in [-0.2, 0) is 19.5 Å². The van der Waals surface area contributed by atoms with Gasteiger partial charge in [0, 0.05) is 44.5 Å². The van der Waals surface area contributed by atoms with Crippen LogP contribution in [0.1, 0.15) is 36.6 Å². The predicted molar refractivity (Wildman–Crippen MR) is 115 cm³/mol. The van der Waals surface area contributed by atoms with Gasteiger partial charge in [-0.15, -0.1) is 0 Å². The molecular formula is C23H36N4O. The average Bonchev–Trinajstić information content (AvgIpc) is 3.06. The number of aromatic nitrogens is 2. The quantitative estimate of drug-likeness (QED) is 0.661. The fourth-order valence-corrected chi connectivity index (χ4v) is 4.36. The number of piperidine rings is 1. The SMILES string of the molecule is CCn1cc(CN(C)C[C@@H]2CCCN(CCc3ccccc3OC)C2)c(C)n1. The third-order valence-corrected chi connectivity index (χ3v) is 5.88. The maximum absolute atomic E-state index is 5.50. The minimum Gasteiger partial charge on any atom is -0.496 e. The van der Waals surface area contributed by atoms with Crippen molar-refractivity contribution in [1.29, 1.82) is 0 Å². The van der Waals surface area contributed by atoms with Gasteiger partial charge in [-0.25, -0.2) is 0 Å². The largest absolute Gasteiger partial charge is 0.496 e. The summed E-state index contributed by atoms with van der Waals surface area (Å²) in [7, 11) is 4.01. The maximum Gasteiger partial charge on any atom is 0.122 e. The van der Waals surface area contributed by atoms with E-state index in [2.05, 4.69) is 60.2 Å². The first-order valence-electron chi connectivity index (χ1n) is 10.6. The molecular weight excluding hydrogens is 348 g/mol. The van der Waals surface area contributed by atoms with Crippen LogP contribution in [0.15, 0.2) is 30.5 Å². The number of likely N-dealkylation sites (tertiary alicyclic amines) is 1. The van der Waals surface area contributed by atoms with E-state index in [0.29, 0.717) is 0 Å². The Labute approximate surface area is 170 Å². The van der Waals surface area contributed by atoms with Gasteiger partial charge in [-0.1, -0.05) is 18.2 Å². The number of hydrogen-bond acceptors (Lipinski definition) is 4. The molecule has 0 amide bonds. The summed E-state index contributed by atoms with van der Waals surface area (Å²) in [5.74, 6) is 1.76. The Bertz CT molecular complexity index is 742. The van der Waals surface area contributed by atoms with Gasteiger partial charge >= 0.3 is 0 Å². The summed E-state index contributed by atoms with van der Waals surface area (Å²) in [6.07, 6.45) is 5.90. The second kappa shape index (κ2) is 10.1. The van der Waals surface area contributed by atoms with Gasteiger partial charge in [0.25, 0.3) is 0 Å². The Morgan fingerprint density at radius 1 is 1.25 bits per heavy atom. The lowest BCUT2D eigenvalue weighted by Gasteiger charge is -2.34. The zero-order valence-electron chi connectivity index (χ0n) is 18.0. The summed E-state index contributed by atoms with van der Waals surface area (Å²) in [5.41, 5.74) is 3.83. The van der Waals surface area contributed by atoms with Crippen LogP contribution in [0.25, 0.3) is 0 Å². The van der Waals surface area contributed by atoms with E-state index in [-0.39, 0.29) is 0 Å². The monoisotopic (exact) mass is 384 g/mol.